The van der Waals surface area contributed by atoms with Crippen molar-refractivity contribution in [3.05, 3.63) is 65.1 Å². The maximum atomic E-state index is 5.99. The minimum absolute atomic E-state index is 0.509. The molecule has 0 bridgehead atoms. The van der Waals surface area contributed by atoms with E-state index in [1.54, 1.807) is 0 Å². The summed E-state index contributed by atoms with van der Waals surface area (Å²) < 4.78 is 0. The van der Waals surface area contributed by atoms with Crippen molar-refractivity contribution in [2.75, 3.05) is 29.9 Å². The third-order valence-corrected chi connectivity index (χ3v) is 5.59. The highest BCUT2D eigenvalue weighted by atomic mass is 35.5. The third kappa shape index (κ3) is 3.57. The summed E-state index contributed by atoms with van der Waals surface area (Å²) in [6.45, 7) is 5.27. The van der Waals surface area contributed by atoms with Gasteiger partial charge in [-0.15, -0.1) is 0 Å². The molecule has 4 nitrogen and oxygen atoms in total. The molecule has 1 aromatic carbocycles. The SMILES string of the molecule is Cc1ccc2c(n1)N(C1CCN(Cc3ccc(Cl)cc3)CC1)C=CN2C. The smallest absolute Gasteiger partial charge is 0.157 e. The summed E-state index contributed by atoms with van der Waals surface area (Å²) in [6, 6.07) is 13.0. The molecule has 0 unspecified atom stereocenters. The highest BCUT2D eigenvalue weighted by molar-refractivity contribution is 6.30. The molecule has 0 saturated carbocycles. The maximum Gasteiger partial charge on any atom is 0.157 e. The van der Waals surface area contributed by atoms with Gasteiger partial charge < -0.3 is 9.80 Å². The summed E-state index contributed by atoms with van der Waals surface area (Å²) in [5.74, 6) is 1.09. The zero-order valence-electron chi connectivity index (χ0n) is 15.4. The van der Waals surface area contributed by atoms with Crippen molar-refractivity contribution in [2.45, 2.75) is 32.4 Å². The number of aryl methyl sites for hydroxylation is 1. The Morgan fingerprint density at radius 1 is 1.04 bits per heavy atom. The van der Waals surface area contributed by atoms with Crippen LogP contribution in [0, 0.1) is 6.92 Å². The summed E-state index contributed by atoms with van der Waals surface area (Å²) in [5.41, 5.74) is 3.58. The fraction of sp³-hybridized carbons (Fsp3) is 0.381. The predicted molar refractivity (Wildman–Crippen MR) is 109 cm³/mol. The molecule has 1 saturated heterocycles. The van der Waals surface area contributed by atoms with Crippen LogP contribution in [0.4, 0.5) is 11.5 Å². The number of rotatable bonds is 3. The van der Waals surface area contributed by atoms with E-state index < -0.39 is 0 Å². The second kappa shape index (κ2) is 7.29. The number of aromatic nitrogens is 1. The first-order valence-electron chi connectivity index (χ1n) is 9.24. The number of halogens is 1. The lowest BCUT2D eigenvalue weighted by Crippen LogP contribution is -2.44. The number of fused-ring (bicyclic) bond motifs is 1. The largest absolute Gasteiger partial charge is 0.347 e. The first-order valence-corrected chi connectivity index (χ1v) is 9.62. The van der Waals surface area contributed by atoms with E-state index in [4.69, 9.17) is 16.6 Å². The monoisotopic (exact) mass is 368 g/mol. The van der Waals surface area contributed by atoms with Gasteiger partial charge in [0, 0.05) is 55.8 Å². The Bertz CT molecular complexity index is 794. The van der Waals surface area contributed by atoms with Gasteiger partial charge in [0.05, 0.1) is 5.69 Å². The van der Waals surface area contributed by atoms with E-state index in [-0.39, 0.29) is 0 Å². The quantitative estimate of drug-likeness (QED) is 0.799. The molecule has 2 aliphatic heterocycles. The van der Waals surface area contributed by atoms with E-state index in [9.17, 15) is 0 Å². The van der Waals surface area contributed by atoms with Crippen molar-refractivity contribution in [1.29, 1.82) is 0 Å². The van der Waals surface area contributed by atoms with Crippen molar-refractivity contribution >= 4 is 23.1 Å². The number of hydrogen-bond donors (Lipinski definition) is 0. The Hall–Kier alpha value is -2.04. The molecular formula is C21H25ClN4. The highest BCUT2D eigenvalue weighted by Gasteiger charge is 2.28. The number of anilines is 2. The van der Waals surface area contributed by atoms with Crippen LogP contribution in [0.2, 0.25) is 5.02 Å². The highest BCUT2D eigenvalue weighted by Crippen LogP contribution is 2.34. The molecule has 0 N–H and O–H groups in total. The average molecular weight is 369 g/mol. The fourth-order valence-electron chi connectivity index (χ4n) is 3.82. The Labute approximate surface area is 160 Å². The van der Waals surface area contributed by atoms with Crippen LogP contribution in [0.5, 0.6) is 0 Å². The minimum atomic E-state index is 0.509. The molecule has 1 fully saturated rings. The van der Waals surface area contributed by atoms with Crippen LogP contribution in [0.15, 0.2) is 48.8 Å². The summed E-state index contributed by atoms with van der Waals surface area (Å²) in [6.07, 6.45) is 6.63. The van der Waals surface area contributed by atoms with Crippen LogP contribution < -0.4 is 9.80 Å². The molecular weight excluding hydrogens is 344 g/mol. The van der Waals surface area contributed by atoms with Gasteiger partial charge in [0.1, 0.15) is 0 Å². The minimum Gasteiger partial charge on any atom is -0.347 e. The van der Waals surface area contributed by atoms with Crippen LogP contribution in [-0.4, -0.2) is 36.1 Å². The molecule has 0 aliphatic carbocycles. The predicted octanol–water partition coefficient (Wildman–Crippen LogP) is 4.44. The van der Waals surface area contributed by atoms with Crippen LogP contribution in [0.25, 0.3) is 0 Å². The number of nitrogens with zero attached hydrogens (tertiary/aromatic N) is 4. The van der Waals surface area contributed by atoms with E-state index in [0.29, 0.717) is 6.04 Å². The molecule has 3 heterocycles. The standard InChI is InChI=1S/C21H25ClN4/c1-16-3-8-20-21(23-16)26(14-13-24(20)2)19-9-11-25(12-10-19)15-17-4-6-18(22)7-5-17/h3-8,13-14,19H,9-12,15H2,1-2H3. The van der Waals surface area contributed by atoms with Gasteiger partial charge in [-0.1, -0.05) is 23.7 Å². The molecule has 2 aliphatic rings. The summed E-state index contributed by atoms with van der Waals surface area (Å²) in [4.78, 5) is 11.9. The van der Waals surface area contributed by atoms with Crippen molar-refractivity contribution in [1.82, 2.24) is 9.88 Å². The second-order valence-corrected chi connectivity index (χ2v) is 7.68. The lowest BCUT2D eigenvalue weighted by molar-refractivity contribution is 0.204. The van der Waals surface area contributed by atoms with Crippen LogP contribution >= 0.6 is 11.6 Å². The van der Waals surface area contributed by atoms with Crippen LogP contribution in [0.3, 0.4) is 0 Å². The van der Waals surface area contributed by atoms with Crippen molar-refractivity contribution in [3.8, 4) is 0 Å². The zero-order chi connectivity index (χ0) is 18.1. The van der Waals surface area contributed by atoms with E-state index in [1.165, 1.54) is 11.3 Å². The molecule has 0 spiro atoms. The first kappa shape index (κ1) is 17.4. The van der Waals surface area contributed by atoms with Gasteiger partial charge in [0.25, 0.3) is 0 Å². The average Bonchev–Trinajstić information content (AvgIpc) is 2.65. The van der Waals surface area contributed by atoms with Crippen molar-refractivity contribution in [3.63, 3.8) is 0 Å². The summed E-state index contributed by atoms with van der Waals surface area (Å²) in [7, 11) is 2.08. The molecule has 136 valence electrons. The van der Waals surface area contributed by atoms with Gasteiger partial charge in [-0.2, -0.15) is 0 Å². The van der Waals surface area contributed by atoms with Gasteiger partial charge in [0.2, 0.25) is 0 Å². The van der Waals surface area contributed by atoms with E-state index >= 15 is 0 Å². The Morgan fingerprint density at radius 2 is 1.77 bits per heavy atom. The normalized spacial score (nSPS) is 18.3. The van der Waals surface area contributed by atoms with Gasteiger partial charge in [-0.05, 0) is 49.6 Å². The zero-order valence-corrected chi connectivity index (χ0v) is 16.2. The van der Waals surface area contributed by atoms with Crippen LogP contribution in [0.1, 0.15) is 24.1 Å². The molecule has 0 radical (unpaired) electrons. The van der Waals surface area contributed by atoms with Crippen molar-refractivity contribution in [2.24, 2.45) is 0 Å². The third-order valence-electron chi connectivity index (χ3n) is 5.34. The Morgan fingerprint density at radius 3 is 2.50 bits per heavy atom. The Kier molecular flexibility index (Phi) is 4.88. The van der Waals surface area contributed by atoms with Gasteiger partial charge in [0.15, 0.2) is 5.82 Å². The molecule has 2 aromatic rings. The Balaban J connectivity index is 1.43. The molecule has 26 heavy (non-hydrogen) atoms. The van der Waals surface area contributed by atoms with E-state index in [0.717, 1.165) is 49.0 Å². The van der Waals surface area contributed by atoms with Crippen LogP contribution in [-0.2, 0) is 6.54 Å². The summed E-state index contributed by atoms with van der Waals surface area (Å²) in [5, 5.41) is 0.802. The first-order chi connectivity index (χ1) is 12.6. The number of likely N-dealkylation sites (tertiary alicyclic amines) is 1. The number of pyridine rings is 1. The molecule has 5 heteroatoms. The number of piperidine rings is 1. The van der Waals surface area contributed by atoms with Gasteiger partial charge >= 0.3 is 0 Å². The molecule has 0 amide bonds. The summed E-state index contributed by atoms with van der Waals surface area (Å²) >= 11 is 5.99. The van der Waals surface area contributed by atoms with Gasteiger partial charge in [-0.3, -0.25) is 4.90 Å². The number of benzene rings is 1. The topological polar surface area (TPSA) is 22.6 Å². The lowest BCUT2D eigenvalue weighted by atomic mass is 10.0. The fourth-order valence-corrected chi connectivity index (χ4v) is 3.95. The second-order valence-electron chi connectivity index (χ2n) is 7.25. The van der Waals surface area contributed by atoms with Gasteiger partial charge in [-0.25, -0.2) is 4.98 Å². The molecule has 0 atom stereocenters. The molecule has 4 rings (SSSR count). The molecule has 1 aromatic heterocycles. The lowest BCUT2D eigenvalue weighted by Gasteiger charge is -2.40. The maximum absolute atomic E-state index is 5.99. The number of hydrogen-bond acceptors (Lipinski definition) is 4. The van der Waals surface area contributed by atoms with E-state index in [2.05, 4.69) is 65.3 Å². The van der Waals surface area contributed by atoms with E-state index in [1.807, 2.05) is 12.1 Å². The van der Waals surface area contributed by atoms with Crippen molar-refractivity contribution < 1.29 is 0 Å².